The third-order valence-corrected chi connectivity index (χ3v) is 2.36. The van der Waals surface area contributed by atoms with Gasteiger partial charge in [0.05, 0.1) is 6.61 Å². The first-order valence-electron chi connectivity index (χ1n) is 13.7. The lowest BCUT2D eigenvalue weighted by molar-refractivity contribution is -0.245. The van der Waals surface area contributed by atoms with Gasteiger partial charge in [0.25, 0.3) is 0 Å². The molecule has 0 aromatic rings. The molecule has 0 rings (SSSR count). The number of carbonyl (C=O) groups is 1. The Labute approximate surface area is 350 Å². The largest absolute Gasteiger partial charge is 0.495 e. The molecule has 0 aliphatic rings. The van der Waals surface area contributed by atoms with Crippen LogP contribution in [-0.2, 0) is 29.4 Å². The van der Waals surface area contributed by atoms with Crippen LogP contribution in [0.25, 0.3) is 0 Å². The number of alkyl halides is 29. The van der Waals surface area contributed by atoms with E-state index in [-0.39, 0.29) is 13.0 Å². The third-order valence-electron chi connectivity index (χ3n) is 2.36. The fraction of sp³-hybridized carbons (Fsp3) is 0.875. The van der Waals surface area contributed by atoms with Gasteiger partial charge in [0.2, 0.25) is 34.6 Å². The Hall–Kier alpha value is -3.66. The van der Waals surface area contributed by atoms with Crippen LogP contribution in [0.3, 0.4) is 0 Å². The average Bonchev–Trinajstić information content (AvgIpc) is 3.09. The summed E-state index contributed by atoms with van der Waals surface area (Å²) in [4.78, 5) is 21.0. The molecule has 0 radical (unpaired) electrons. The van der Waals surface area contributed by atoms with E-state index in [4.69, 9.17) is 11.5 Å². The molecule has 0 aromatic carbocycles. The quantitative estimate of drug-likeness (QED) is 0.146. The molecule has 8 nitrogen and oxygen atoms in total. The van der Waals surface area contributed by atoms with Crippen LogP contribution in [0.5, 0.6) is 0 Å². The van der Waals surface area contributed by atoms with Gasteiger partial charge in [-0.2, -0.15) is 104 Å². The minimum Gasteiger partial charge on any atom is -0.440 e. The van der Waals surface area contributed by atoms with Crippen LogP contribution in [0, 0.1) is 12.3 Å². The summed E-state index contributed by atoms with van der Waals surface area (Å²) in [6.07, 6.45) is -24.3. The smallest absolute Gasteiger partial charge is 0.440 e. The Bertz CT molecular complexity index is 818. The van der Waals surface area contributed by atoms with Gasteiger partial charge in [-0.1, -0.05) is 5.92 Å². The monoisotopic (exact) mass is 1110 g/mol. The number of ether oxygens (including phenoxy) is 1. The molecule has 1 N–H and O–H groups in total. The first-order valence-corrected chi connectivity index (χ1v) is 13.7. The fourth-order valence-electron chi connectivity index (χ4n) is 0.711. The second-order valence-electron chi connectivity index (χ2n) is 7.85. The van der Waals surface area contributed by atoms with Crippen molar-refractivity contribution >= 4 is 6.22 Å². The summed E-state index contributed by atoms with van der Waals surface area (Å²) in [6, 6.07) is 0. The molecule has 0 aliphatic carbocycles. The van der Waals surface area contributed by atoms with Gasteiger partial charge in [-0.25, -0.2) is 53.1 Å². The number of terminal acetylenes is 1. The minimum atomic E-state index is -4.62. The standard InChI is InChI=1S/C7H9FO3.5C2H2F4O.C2H2F4.5CH2F2/c1-3-7(2,10)4-5-11-6(8)9;5*3-2(4,5)1-7-6;3-1-2(4,5)6;5*2-1-3/h1,10H,4-5H2,2H3;5*1H2;1H2;5*1H2. The molecule has 0 heterocycles. The molecule has 0 bridgehead atoms. The molecule has 0 fully saturated rings. The Balaban J connectivity index is -0.0000000504. The summed E-state index contributed by atoms with van der Waals surface area (Å²) in [6.45, 7) is -19.0. The maximum absolute atomic E-state index is 11.4. The summed E-state index contributed by atoms with van der Waals surface area (Å²) < 4.78 is 365. The van der Waals surface area contributed by atoms with Crippen LogP contribution in [0.1, 0.15) is 13.3 Å². The molecular formula is C24H31F35O8. The number of rotatable bonds is 8. The molecule has 67 heavy (non-hydrogen) atoms. The number of hydrogen-bond donors (Lipinski definition) is 1. The van der Waals surface area contributed by atoms with Crippen LogP contribution < -0.4 is 0 Å². The van der Waals surface area contributed by atoms with Crippen LogP contribution in [-0.4, -0.2) is 135 Å². The molecular weight excluding hydrogens is 1080 g/mol. The van der Waals surface area contributed by atoms with Gasteiger partial charge in [-0.3, -0.25) is 0 Å². The first-order chi connectivity index (χ1) is 29.9. The van der Waals surface area contributed by atoms with Crippen molar-refractivity contribution < 1.29 is 194 Å². The molecule has 0 aromatic heterocycles. The van der Waals surface area contributed by atoms with Crippen LogP contribution >= 0.6 is 0 Å². The fourth-order valence-corrected chi connectivity index (χ4v) is 0.711. The Morgan fingerprint density at radius 2 is 0.582 bits per heavy atom. The highest BCUT2D eigenvalue weighted by Crippen LogP contribution is 2.17. The van der Waals surface area contributed by atoms with E-state index in [1.165, 1.54) is 6.92 Å². The second-order valence-corrected chi connectivity index (χ2v) is 7.85. The SMILES string of the molecule is C#CC(C)(O)CCOC(=O)F.FCC(F)(F)F.FCF.FCF.FCF.FCF.FCF.FOCC(F)(F)F.FOCC(F)(F)F.FOCC(F)(F)F.FOCC(F)(F)F.FOCC(F)(F)F. The second kappa shape index (κ2) is 62.3. The maximum Gasteiger partial charge on any atom is 0.495 e. The summed E-state index contributed by atoms with van der Waals surface area (Å²) in [5.74, 6) is 2.06. The van der Waals surface area contributed by atoms with Crippen molar-refractivity contribution in [2.45, 2.75) is 56.0 Å². The maximum atomic E-state index is 11.4. The molecule has 420 valence electrons. The van der Waals surface area contributed by atoms with Gasteiger partial charge in [-0.15, -0.1) is 10.8 Å². The zero-order valence-corrected chi connectivity index (χ0v) is 31.8. The third kappa shape index (κ3) is 264. The van der Waals surface area contributed by atoms with Crippen LogP contribution in [0.15, 0.2) is 0 Å². The van der Waals surface area contributed by atoms with Crippen molar-refractivity contribution in [2.24, 2.45) is 0 Å². The molecule has 0 saturated heterocycles. The van der Waals surface area contributed by atoms with E-state index in [0.29, 0.717) is 0 Å². The molecule has 0 spiro atoms. The molecule has 43 heteroatoms. The van der Waals surface area contributed by atoms with Crippen LogP contribution in [0.4, 0.5) is 159 Å². The summed E-state index contributed by atoms with van der Waals surface area (Å²) >= 11 is 0. The van der Waals surface area contributed by atoms with E-state index in [1.807, 2.05) is 0 Å². The van der Waals surface area contributed by atoms with Gasteiger partial charge >= 0.3 is 43.3 Å². The number of aliphatic hydroxyl groups is 1. The van der Waals surface area contributed by atoms with E-state index in [2.05, 4.69) is 35.4 Å². The molecule has 0 amide bonds. The zero-order valence-electron chi connectivity index (χ0n) is 31.8. The summed E-state index contributed by atoms with van der Waals surface area (Å²) in [5, 5.41) is 9.09. The Morgan fingerprint density at radius 3 is 0.642 bits per heavy atom. The predicted molar refractivity (Wildman–Crippen MR) is 150 cm³/mol. The lowest BCUT2D eigenvalue weighted by Gasteiger charge is -2.14. The normalized spacial score (nSPS) is 11.1. The molecule has 0 saturated carbocycles. The predicted octanol–water partition coefficient (Wildman–Crippen LogP) is 14.0. The Morgan fingerprint density at radius 1 is 0.433 bits per heavy atom. The molecule has 0 aliphatic heterocycles. The molecule has 1 unspecified atom stereocenters. The highest BCUT2D eigenvalue weighted by Gasteiger charge is 2.30. The number of halogens is 35. The number of hydrogen-bond acceptors (Lipinski definition) is 8. The van der Waals surface area contributed by atoms with E-state index in [0.717, 1.165) is 0 Å². The lowest BCUT2D eigenvalue weighted by Crippen LogP contribution is -2.23. The first kappa shape index (κ1) is 93.4. The Kier molecular flexibility index (Phi) is 86.9. The van der Waals surface area contributed by atoms with Crippen molar-refractivity contribution in [3.63, 3.8) is 0 Å². The van der Waals surface area contributed by atoms with Crippen LogP contribution in [0.2, 0.25) is 0 Å². The van der Waals surface area contributed by atoms with Crippen molar-refractivity contribution in [1.82, 2.24) is 0 Å². The average molecular weight is 1110 g/mol. The lowest BCUT2D eigenvalue weighted by atomic mass is 10.1. The van der Waals surface area contributed by atoms with Gasteiger partial charge in [-0.05, 0) is 29.6 Å². The summed E-state index contributed by atoms with van der Waals surface area (Å²) in [5.41, 5.74) is -1.34. The van der Waals surface area contributed by atoms with Gasteiger partial charge < -0.3 is 9.84 Å². The summed E-state index contributed by atoms with van der Waals surface area (Å²) in [7, 11) is 0. The van der Waals surface area contributed by atoms with Gasteiger partial charge in [0.15, 0.2) is 39.7 Å². The number of carbonyl (C=O) groups excluding carboxylic acids is 1. The van der Waals surface area contributed by atoms with Crippen molar-refractivity contribution in [3.05, 3.63) is 0 Å². The van der Waals surface area contributed by atoms with E-state index in [1.54, 1.807) is 0 Å². The minimum absolute atomic E-state index is 0.0269. The van der Waals surface area contributed by atoms with Gasteiger partial charge in [0, 0.05) is 6.42 Å². The van der Waals surface area contributed by atoms with Crippen molar-refractivity contribution in [3.8, 4) is 12.3 Å². The van der Waals surface area contributed by atoms with Crippen molar-refractivity contribution in [1.29, 1.82) is 0 Å². The topological polar surface area (TPSA) is 92.7 Å². The van der Waals surface area contributed by atoms with E-state index in [9.17, 15) is 159 Å². The van der Waals surface area contributed by atoms with Gasteiger partial charge in [0.1, 0.15) is 5.60 Å². The molecule has 1 atom stereocenters. The highest BCUT2D eigenvalue weighted by atomic mass is 19.4. The van der Waals surface area contributed by atoms with E-state index < -0.39 is 123 Å². The van der Waals surface area contributed by atoms with E-state index >= 15 is 0 Å². The van der Waals surface area contributed by atoms with Crippen molar-refractivity contribution in [2.75, 3.05) is 81.0 Å². The highest BCUT2D eigenvalue weighted by molar-refractivity contribution is 5.57. The zero-order chi connectivity index (χ0) is 57.2.